The number of carboxylic acid groups (broad SMARTS) is 1. The zero-order chi connectivity index (χ0) is 14.0. The molecule has 0 spiro atoms. The van der Waals surface area contributed by atoms with Crippen LogP contribution in [0.3, 0.4) is 0 Å². The molecule has 2 N–H and O–H groups in total. The molecule has 1 aromatic carbocycles. The summed E-state index contributed by atoms with van der Waals surface area (Å²) < 4.78 is 6.68. The van der Waals surface area contributed by atoms with Crippen LogP contribution in [-0.4, -0.2) is 23.7 Å². The molecule has 1 aliphatic heterocycles. The number of hydrogen-bond donors (Lipinski definition) is 2. The summed E-state index contributed by atoms with van der Waals surface area (Å²) in [4.78, 5) is 10.9. The maximum absolute atomic E-state index is 10.9. The molecule has 0 saturated heterocycles. The van der Waals surface area contributed by atoms with Crippen LogP contribution in [0.25, 0.3) is 0 Å². The van der Waals surface area contributed by atoms with E-state index in [9.17, 15) is 4.79 Å². The van der Waals surface area contributed by atoms with Gasteiger partial charge in [0.1, 0.15) is 5.75 Å². The first-order valence-electron chi connectivity index (χ1n) is 6.39. The van der Waals surface area contributed by atoms with Gasteiger partial charge in [-0.2, -0.15) is 0 Å². The largest absolute Gasteiger partial charge is 0.493 e. The van der Waals surface area contributed by atoms with Crippen LogP contribution in [0.2, 0.25) is 0 Å². The molecule has 4 nitrogen and oxygen atoms in total. The van der Waals surface area contributed by atoms with E-state index in [0.29, 0.717) is 6.54 Å². The molecule has 0 aromatic heterocycles. The highest BCUT2D eigenvalue weighted by Crippen LogP contribution is 2.33. The minimum absolute atomic E-state index is 0.0893. The summed E-state index contributed by atoms with van der Waals surface area (Å²) in [6.07, 6.45) is 0.933. The van der Waals surface area contributed by atoms with Crippen LogP contribution < -0.4 is 10.1 Å². The van der Waals surface area contributed by atoms with Gasteiger partial charge >= 0.3 is 5.97 Å². The standard InChI is InChI=1S/C14H18BrNO3/c1-8(14(17)18)9(2)16-7-11-6-12(15)5-10-3-4-19-13(10)11/h5-6,8-9,16H,3-4,7H2,1-2H3,(H,17,18). The fourth-order valence-electron chi connectivity index (χ4n) is 2.14. The summed E-state index contributed by atoms with van der Waals surface area (Å²) in [6.45, 7) is 4.93. The van der Waals surface area contributed by atoms with Crippen LogP contribution in [0.5, 0.6) is 5.75 Å². The van der Waals surface area contributed by atoms with Crippen LogP contribution in [0.1, 0.15) is 25.0 Å². The summed E-state index contributed by atoms with van der Waals surface area (Å²) in [6, 6.07) is 4.01. The first-order chi connectivity index (χ1) is 8.99. The molecule has 0 aliphatic carbocycles. The highest BCUT2D eigenvalue weighted by atomic mass is 79.9. The average molecular weight is 328 g/mol. The third-order valence-corrected chi connectivity index (χ3v) is 4.04. The van der Waals surface area contributed by atoms with Gasteiger partial charge in [-0.3, -0.25) is 4.79 Å². The fraction of sp³-hybridized carbons (Fsp3) is 0.500. The number of carbonyl (C=O) groups is 1. The van der Waals surface area contributed by atoms with Crippen LogP contribution in [0, 0.1) is 5.92 Å². The Morgan fingerprint density at radius 1 is 1.53 bits per heavy atom. The Morgan fingerprint density at radius 2 is 2.26 bits per heavy atom. The van der Waals surface area contributed by atoms with Gasteiger partial charge in [0.05, 0.1) is 12.5 Å². The fourth-order valence-corrected chi connectivity index (χ4v) is 2.69. The van der Waals surface area contributed by atoms with Gasteiger partial charge in [0.25, 0.3) is 0 Å². The predicted molar refractivity (Wildman–Crippen MR) is 76.4 cm³/mol. The monoisotopic (exact) mass is 327 g/mol. The summed E-state index contributed by atoms with van der Waals surface area (Å²) in [5, 5.41) is 12.2. The maximum Gasteiger partial charge on any atom is 0.307 e. The molecule has 0 saturated carbocycles. The molecule has 1 heterocycles. The summed E-state index contributed by atoms with van der Waals surface area (Å²) in [5.74, 6) is -0.247. The molecule has 1 aliphatic rings. The lowest BCUT2D eigenvalue weighted by molar-refractivity contribution is -0.141. The quantitative estimate of drug-likeness (QED) is 0.872. The molecule has 19 heavy (non-hydrogen) atoms. The van der Waals surface area contributed by atoms with E-state index in [4.69, 9.17) is 9.84 Å². The summed E-state index contributed by atoms with van der Waals surface area (Å²) in [5.41, 5.74) is 2.29. The number of aliphatic carboxylic acids is 1. The third-order valence-electron chi connectivity index (χ3n) is 3.58. The number of carboxylic acids is 1. The highest BCUT2D eigenvalue weighted by molar-refractivity contribution is 9.10. The topological polar surface area (TPSA) is 58.6 Å². The smallest absolute Gasteiger partial charge is 0.307 e. The first kappa shape index (κ1) is 14.3. The molecule has 0 bridgehead atoms. The van der Waals surface area contributed by atoms with E-state index in [-0.39, 0.29) is 6.04 Å². The van der Waals surface area contributed by atoms with Crippen molar-refractivity contribution in [1.82, 2.24) is 5.32 Å². The van der Waals surface area contributed by atoms with Crippen LogP contribution in [0.15, 0.2) is 16.6 Å². The zero-order valence-corrected chi connectivity index (χ0v) is 12.7. The highest BCUT2D eigenvalue weighted by Gasteiger charge is 2.21. The molecule has 2 atom stereocenters. The van der Waals surface area contributed by atoms with E-state index in [2.05, 4.69) is 27.3 Å². The van der Waals surface area contributed by atoms with E-state index in [1.165, 1.54) is 5.56 Å². The van der Waals surface area contributed by atoms with E-state index in [1.807, 2.05) is 13.0 Å². The Bertz CT molecular complexity index is 490. The Morgan fingerprint density at radius 3 is 2.95 bits per heavy atom. The minimum atomic E-state index is -0.782. The second-order valence-electron chi connectivity index (χ2n) is 4.95. The number of nitrogens with one attached hydrogen (secondary N) is 1. The van der Waals surface area contributed by atoms with Gasteiger partial charge in [-0.25, -0.2) is 0 Å². The lowest BCUT2D eigenvalue weighted by Crippen LogP contribution is -2.35. The van der Waals surface area contributed by atoms with Crippen LogP contribution in [0.4, 0.5) is 0 Å². The van der Waals surface area contributed by atoms with Gasteiger partial charge in [0.2, 0.25) is 0 Å². The molecule has 2 unspecified atom stereocenters. The number of halogens is 1. The maximum atomic E-state index is 10.9. The zero-order valence-electron chi connectivity index (χ0n) is 11.1. The van der Waals surface area contributed by atoms with Crippen molar-refractivity contribution in [3.05, 3.63) is 27.7 Å². The Hall–Kier alpha value is -1.07. The Kier molecular flexibility index (Phi) is 4.47. The van der Waals surface area contributed by atoms with Gasteiger partial charge in [0.15, 0.2) is 0 Å². The van der Waals surface area contributed by atoms with E-state index >= 15 is 0 Å². The molecule has 0 fully saturated rings. The van der Waals surface area contributed by atoms with E-state index in [1.54, 1.807) is 6.92 Å². The van der Waals surface area contributed by atoms with E-state index in [0.717, 1.165) is 28.8 Å². The van der Waals surface area contributed by atoms with Crippen molar-refractivity contribution in [2.24, 2.45) is 5.92 Å². The van der Waals surface area contributed by atoms with Crippen LogP contribution >= 0.6 is 15.9 Å². The van der Waals surface area contributed by atoms with Crippen molar-refractivity contribution in [3.63, 3.8) is 0 Å². The van der Waals surface area contributed by atoms with Gasteiger partial charge in [-0.15, -0.1) is 0 Å². The van der Waals surface area contributed by atoms with Gasteiger partial charge in [-0.05, 0) is 24.6 Å². The van der Waals surface area contributed by atoms with Gasteiger partial charge in [-0.1, -0.05) is 22.9 Å². The molecule has 104 valence electrons. The second kappa shape index (κ2) is 5.92. The van der Waals surface area contributed by atoms with Crippen molar-refractivity contribution < 1.29 is 14.6 Å². The summed E-state index contributed by atoms with van der Waals surface area (Å²) >= 11 is 3.50. The first-order valence-corrected chi connectivity index (χ1v) is 7.18. The number of hydrogen-bond acceptors (Lipinski definition) is 3. The Balaban J connectivity index is 2.06. The van der Waals surface area contributed by atoms with Gasteiger partial charge < -0.3 is 15.2 Å². The number of fused-ring (bicyclic) bond motifs is 1. The molecule has 0 radical (unpaired) electrons. The van der Waals surface area contributed by atoms with Crippen LogP contribution in [-0.2, 0) is 17.8 Å². The predicted octanol–water partition coefficient (Wildman–Crippen LogP) is 2.58. The SMILES string of the molecule is CC(NCc1cc(Br)cc2c1OCC2)C(C)C(=O)O. The minimum Gasteiger partial charge on any atom is -0.493 e. The Labute approximate surface area is 121 Å². The molecule has 2 rings (SSSR count). The second-order valence-corrected chi connectivity index (χ2v) is 5.86. The molecule has 5 heteroatoms. The van der Waals surface area contributed by atoms with Crippen molar-refractivity contribution in [1.29, 1.82) is 0 Å². The van der Waals surface area contributed by atoms with Crippen molar-refractivity contribution in [3.8, 4) is 5.75 Å². The number of rotatable bonds is 5. The molecule has 1 aromatic rings. The van der Waals surface area contributed by atoms with Gasteiger partial charge in [0, 0.05) is 29.0 Å². The number of benzene rings is 1. The lowest BCUT2D eigenvalue weighted by Gasteiger charge is -2.18. The van der Waals surface area contributed by atoms with Crippen molar-refractivity contribution >= 4 is 21.9 Å². The summed E-state index contributed by atoms with van der Waals surface area (Å²) in [7, 11) is 0. The molecular formula is C14H18BrNO3. The third kappa shape index (κ3) is 3.28. The molecular weight excluding hydrogens is 310 g/mol. The molecule has 0 amide bonds. The number of ether oxygens (including phenoxy) is 1. The van der Waals surface area contributed by atoms with Crippen molar-refractivity contribution in [2.75, 3.05) is 6.61 Å². The van der Waals surface area contributed by atoms with E-state index < -0.39 is 11.9 Å². The lowest BCUT2D eigenvalue weighted by atomic mass is 10.0. The van der Waals surface area contributed by atoms with Crippen molar-refractivity contribution in [2.45, 2.75) is 32.9 Å². The average Bonchev–Trinajstić information content (AvgIpc) is 2.82. The normalized spacial score (nSPS) is 16.6.